The molecule has 0 aliphatic heterocycles. The van der Waals surface area contributed by atoms with Gasteiger partial charge in [-0.2, -0.15) is 0 Å². The number of hydrogen-bond acceptors (Lipinski definition) is 4. The zero-order valence-electron chi connectivity index (χ0n) is 26.4. The normalized spacial score (nSPS) is 13.3. The highest BCUT2D eigenvalue weighted by Gasteiger charge is 2.28. The molecule has 0 fully saturated rings. The van der Waals surface area contributed by atoms with Gasteiger partial charge in [0.15, 0.2) is 0 Å². The average Bonchev–Trinajstić information content (AvgIpc) is 3.84. The smallest absolute Gasteiger partial charge is 0.235 e. The van der Waals surface area contributed by atoms with Crippen LogP contribution in [0.15, 0.2) is 140 Å². The van der Waals surface area contributed by atoms with Crippen LogP contribution in [-0.2, 0) is 6.42 Å². The summed E-state index contributed by atoms with van der Waals surface area (Å²) in [6, 6.07) is 48.3. The average molecular weight is 662 g/mol. The Labute approximate surface area is 290 Å². The van der Waals surface area contributed by atoms with E-state index in [0.717, 1.165) is 34.3 Å². The number of benzene rings is 6. The summed E-state index contributed by atoms with van der Waals surface area (Å²) in [4.78, 5) is 11.0. The lowest BCUT2D eigenvalue weighted by Gasteiger charge is -2.19. The second kappa shape index (κ2) is 10.4. The first kappa shape index (κ1) is 27.3. The van der Waals surface area contributed by atoms with Crippen molar-refractivity contribution in [1.29, 1.82) is 0 Å². The second-order valence-electron chi connectivity index (χ2n) is 12.8. The van der Waals surface area contributed by atoms with E-state index < -0.39 is 0 Å². The number of rotatable bonds is 3. The van der Waals surface area contributed by atoms with Crippen LogP contribution in [-0.4, -0.2) is 14.5 Å². The van der Waals surface area contributed by atoms with Crippen molar-refractivity contribution >= 4 is 90.4 Å². The van der Waals surface area contributed by atoms with Gasteiger partial charge in [0.1, 0.15) is 0 Å². The zero-order valence-corrected chi connectivity index (χ0v) is 28.0. The molecule has 49 heavy (non-hydrogen) atoms. The summed E-state index contributed by atoms with van der Waals surface area (Å²) >= 11 is 3.65. The minimum Gasteiger partial charge on any atom is -0.277 e. The number of aryl methyl sites for hydroxylation is 1. The topological polar surface area (TPSA) is 30.7 Å². The lowest BCUT2D eigenvalue weighted by Crippen LogP contribution is -2.10. The van der Waals surface area contributed by atoms with Crippen molar-refractivity contribution in [3.63, 3.8) is 0 Å². The van der Waals surface area contributed by atoms with Crippen molar-refractivity contribution < 1.29 is 0 Å². The third-order valence-electron chi connectivity index (χ3n) is 10.1. The molecular weight excluding hydrogens is 635 g/mol. The van der Waals surface area contributed by atoms with Crippen molar-refractivity contribution in [3.05, 3.63) is 156 Å². The van der Waals surface area contributed by atoms with Crippen molar-refractivity contribution in [2.75, 3.05) is 0 Å². The quantitative estimate of drug-likeness (QED) is 0.189. The molecule has 0 amide bonds. The lowest BCUT2D eigenvalue weighted by molar-refractivity contribution is 0.922. The van der Waals surface area contributed by atoms with E-state index in [2.05, 4.69) is 144 Å². The van der Waals surface area contributed by atoms with Gasteiger partial charge < -0.3 is 0 Å². The van der Waals surface area contributed by atoms with E-state index in [1.54, 1.807) is 11.3 Å². The van der Waals surface area contributed by atoms with Crippen molar-refractivity contribution in [3.8, 4) is 17.2 Å². The molecule has 0 N–H and O–H groups in total. The van der Waals surface area contributed by atoms with E-state index in [-0.39, 0.29) is 0 Å². The summed E-state index contributed by atoms with van der Waals surface area (Å²) in [5.74, 6) is 0.715. The van der Waals surface area contributed by atoms with Crippen LogP contribution in [0.3, 0.4) is 0 Å². The summed E-state index contributed by atoms with van der Waals surface area (Å²) in [6.45, 7) is 0. The van der Waals surface area contributed by atoms with Gasteiger partial charge in [-0.3, -0.25) is 4.57 Å². The van der Waals surface area contributed by atoms with E-state index in [1.165, 1.54) is 74.3 Å². The summed E-state index contributed by atoms with van der Waals surface area (Å²) in [7, 11) is 0. The number of nitrogens with zero attached hydrogens (tertiary/aromatic N) is 3. The molecule has 6 aromatic carbocycles. The maximum atomic E-state index is 5.52. The van der Waals surface area contributed by atoms with Gasteiger partial charge in [-0.15, -0.1) is 22.7 Å². The fourth-order valence-electron chi connectivity index (χ4n) is 7.93. The molecule has 4 heterocycles. The van der Waals surface area contributed by atoms with Gasteiger partial charge >= 0.3 is 0 Å². The Morgan fingerprint density at radius 3 is 2.16 bits per heavy atom. The van der Waals surface area contributed by atoms with Crippen LogP contribution in [0.1, 0.15) is 23.2 Å². The molecule has 0 saturated heterocycles. The van der Waals surface area contributed by atoms with Crippen molar-refractivity contribution in [2.45, 2.75) is 12.8 Å². The highest BCUT2D eigenvalue weighted by molar-refractivity contribution is 7.26. The van der Waals surface area contributed by atoms with Crippen molar-refractivity contribution in [2.24, 2.45) is 0 Å². The first-order valence-electron chi connectivity index (χ1n) is 16.7. The Hall–Kier alpha value is -5.62. The minimum atomic E-state index is 0.715. The van der Waals surface area contributed by atoms with Gasteiger partial charge in [0.05, 0.1) is 27.1 Å². The van der Waals surface area contributed by atoms with Crippen LogP contribution in [0.4, 0.5) is 0 Å². The first-order valence-corrected chi connectivity index (χ1v) is 18.4. The largest absolute Gasteiger partial charge is 0.277 e. The van der Waals surface area contributed by atoms with Gasteiger partial charge in [-0.05, 0) is 53.6 Å². The Kier molecular flexibility index (Phi) is 5.82. The molecule has 1 aliphatic carbocycles. The van der Waals surface area contributed by atoms with Crippen LogP contribution in [0.25, 0.3) is 84.9 Å². The molecule has 0 bridgehead atoms. The molecule has 0 saturated carbocycles. The fraction of sp³-hybridized carbons (Fsp3) is 0.0455. The first-order chi connectivity index (χ1) is 24.3. The maximum Gasteiger partial charge on any atom is 0.235 e. The fourth-order valence-corrected chi connectivity index (χ4v) is 10.2. The number of hydrogen-bond donors (Lipinski definition) is 0. The monoisotopic (exact) mass is 661 g/mol. The SMILES string of the molecule is C1=C(c2ccc3sc4ccccc4c3c2)c2c(c3ccc4ccccc4c3n2-c2nc(-c3ccccc3)c3sc4ccccc4c3n2)CC1. The standard InChI is InChI=1S/C44H27N3S2/c1-2-12-27(13-3-1)39-43-40(34-16-7-9-20-37(34)49-43)46-44(45-39)47-41-29-14-5-4-11-26(29)21-23-33(41)32-18-10-17-30(42(32)47)28-22-24-38-35(25-28)31-15-6-8-19-36(31)48-38/h1-9,11-17,19-25H,10,18H2. The van der Waals surface area contributed by atoms with Crippen LogP contribution < -0.4 is 0 Å². The molecule has 5 heteroatoms. The number of fused-ring (bicyclic) bond motifs is 11. The molecule has 0 spiro atoms. The van der Waals surface area contributed by atoms with E-state index in [9.17, 15) is 0 Å². The third kappa shape index (κ3) is 4.00. The molecule has 0 radical (unpaired) electrons. The predicted molar refractivity (Wildman–Crippen MR) is 209 cm³/mol. The predicted octanol–water partition coefficient (Wildman–Crippen LogP) is 12.4. The Balaban J connectivity index is 1.27. The van der Waals surface area contributed by atoms with Gasteiger partial charge in [0.25, 0.3) is 0 Å². The summed E-state index contributed by atoms with van der Waals surface area (Å²) < 4.78 is 7.39. The Morgan fingerprint density at radius 1 is 0.551 bits per heavy atom. The van der Waals surface area contributed by atoms with Crippen LogP contribution in [0.5, 0.6) is 0 Å². The van der Waals surface area contributed by atoms with Gasteiger partial charge in [-0.25, -0.2) is 9.97 Å². The lowest BCUT2D eigenvalue weighted by atomic mass is 9.90. The van der Waals surface area contributed by atoms with Crippen LogP contribution >= 0.6 is 22.7 Å². The third-order valence-corrected chi connectivity index (χ3v) is 12.4. The Morgan fingerprint density at radius 2 is 1.29 bits per heavy atom. The molecule has 4 aromatic heterocycles. The van der Waals surface area contributed by atoms with E-state index in [1.807, 2.05) is 11.3 Å². The second-order valence-corrected chi connectivity index (χ2v) is 15.0. The zero-order chi connectivity index (χ0) is 32.1. The highest BCUT2D eigenvalue weighted by Crippen LogP contribution is 2.45. The molecule has 10 aromatic rings. The number of aromatic nitrogens is 3. The number of thiophene rings is 2. The Bertz CT molecular complexity index is 3000. The van der Waals surface area contributed by atoms with E-state index in [4.69, 9.17) is 9.97 Å². The van der Waals surface area contributed by atoms with E-state index in [0.29, 0.717) is 5.95 Å². The van der Waals surface area contributed by atoms with Crippen LogP contribution in [0.2, 0.25) is 0 Å². The molecular formula is C44H27N3S2. The maximum absolute atomic E-state index is 5.52. The summed E-state index contributed by atoms with van der Waals surface area (Å²) in [6.07, 6.45) is 4.40. The van der Waals surface area contributed by atoms with Crippen molar-refractivity contribution in [1.82, 2.24) is 14.5 Å². The summed E-state index contributed by atoms with van der Waals surface area (Å²) in [5, 5.41) is 7.51. The van der Waals surface area contributed by atoms with Crippen LogP contribution in [0, 0.1) is 0 Å². The van der Waals surface area contributed by atoms with Gasteiger partial charge in [0.2, 0.25) is 5.95 Å². The molecule has 0 atom stereocenters. The molecule has 230 valence electrons. The molecule has 1 aliphatic rings. The summed E-state index contributed by atoms with van der Waals surface area (Å²) in [5.41, 5.74) is 9.31. The minimum absolute atomic E-state index is 0.715. The van der Waals surface area contributed by atoms with Gasteiger partial charge in [-0.1, -0.05) is 115 Å². The molecule has 11 rings (SSSR count). The van der Waals surface area contributed by atoms with Gasteiger partial charge in [0, 0.05) is 52.2 Å². The molecule has 0 unspecified atom stereocenters. The highest BCUT2D eigenvalue weighted by atomic mass is 32.1. The number of allylic oxidation sites excluding steroid dienone is 1. The molecule has 3 nitrogen and oxygen atoms in total. The van der Waals surface area contributed by atoms with E-state index >= 15 is 0 Å².